The van der Waals surface area contributed by atoms with E-state index in [0.29, 0.717) is 6.42 Å². The minimum Gasteiger partial charge on any atom is -0.369 e. The summed E-state index contributed by atoms with van der Waals surface area (Å²) in [7, 11) is 0. The number of Topliss-reactive ketones (excluding diaryl/α,β-unsaturated/α-hetero) is 1. The second-order valence-corrected chi connectivity index (χ2v) is 1.93. The van der Waals surface area contributed by atoms with Gasteiger partial charge < -0.3 is 5.73 Å². The summed E-state index contributed by atoms with van der Waals surface area (Å²) in [6.45, 7) is 1.89. The summed E-state index contributed by atoms with van der Waals surface area (Å²) in [5.41, 5.74) is 4.76. The molecule has 0 fully saturated rings. The Bertz CT molecular complexity index is 120. The molecule has 0 unspecified atom stereocenters. The van der Waals surface area contributed by atoms with Gasteiger partial charge in [-0.15, -0.1) is 0 Å². The monoisotopic (exact) mass is 129 g/mol. The number of carbonyl (C=O) groups excluding carboxylic acids is 2. The number of hydrogen-bond donors (Lipinski definition) is 1. The van der Waals surface area contributed by atoms with Crippen molar-refractivity contribution < 1.29 is 9.59 Å². The van der Waals surface area contributed by atoms with Gasteiger partial charge in [0.25, 0.3) is 0 Å². The number of nitrogens with two attached hydrogens (primary N) is 1. The molecule has 0 aliphatic rings. The van der Waals surface area contributed by atoms with E-state index in [4.69, 9.17) is 5.73 Å². The zero-order chi connectivity index (χ0) is 7.28. The zero-order valence-corrected chi connectivity index (χ0v) is 5.52. The van der Waals surface area contributed by atoms with Crippen LogP contribution in [0.3, 0.4) is 0 Å². The van der Waals surface area contributed by atoms with E-state index in [-0.39, 0.29) is 12.2 Å². The average Bonchev–Trinajstić information content (AvgIpc) is 1.63. The van der Waals surface area contributed by atoms with Crippen LogP contribution in [-0.4, -0.2) is 11.7 Å². The highest BCUT2D eigenvalue weighted by atomic mass is 16.2. The Morgan fingerprint density at radius 1 is 1.44 bits per heavy atom. The minimum absolute atomic E-state index is 0.0648. The van der Waals surface area contributed by atoms with E-state index < -0.39 is 5.91 Å². The van der Waals surface area contributed by atoms with Crippen molar-refractivity contribution in [1.29, 1.82) is 0 Å². The number of hydrogen-bond acceptors (Lipinski definition) is 2. The quantitative estimate of drug-likeness (QED) is 0.552. The standard InChI is InChI=1S/C6H11NO2/c1-2-3-5(8)4-6(7)9/h2-4H2,1H3,(H2,7,9). The van der Waals surface area contributed by atoms with Crippen molar-refractivity contribution in [2.75, 3.05) is 0 Å². The van der Waals surface area contributed by atoms with E-state index >= 15 is 0 Å². The smallest absolute Gasteiger partial charge is 0.224 e. The normalized spacial score (nSPS) is 9.00. The van der Waals surface area contributed by atoms with Crippen molar-refractivity contribution in [3.63, 3.8) is 0 Å². The van der Waals surface area contributed by atoms with E-state index in [1.54, 1.807) is 0 Å². The summed E-state index contributed by atoms with van der Waals surface area (Å²) >= 11 is 0. The molecule has 0 spiro atoms. The topological polar surface area (TPSA) is 60.2 Å². The Hall–Kier alpha value is -0.860. The summed E-state index contributed by atoms with van der Waals surface area (Å²) in [5, 5.41) is 0. The summed E-state index contributed by atoms with van der Waals surface area (Å²) in [6, 6.07) is 0. The molecule has 0 aromatic rings. The number of primary amides is 1. The van der Waals surface area contributed by atoms with Crippen molar-refractivity contribution in [1.82, 2.24) is 0 Å². The maximum Gasteiger partial charge on any atom is 0.224 e. The SMILES string of the molecule is CCCC(=O)CC(N)=O. The van der Waals surface area contributed by atoms with Crippen molar-refractivity contribution in [3.05, 3.63) is 0 Å². The van der Waals surface area contributed by atoms with Gasteiger partial charge in [0.2, 0.25) is 5.91 Å². The Morgan fingerprint density at radius 3 is 2.33 bits per heavy atom. The summed E-state index contributed by atoms with van der Waals surface area (Å²) in [4.78, 5) is 20.6. The number of amides is 1. The van der Waals surface area contributed by atoms with Crippen molar-refractivity contribution >= 4 is 11.7 Å². The molecule has 0 atom stereocenters. The average molecular weight is 129 g/mol. The second-order valence-electron chi connectivity index (χ2n) is 1.93. The highest BCUT2D eigenvalue weighted by Crippen LogP contribution is 1.91. The third-order valence-corrected chi connectivity index (χ3v) is 0.900. The third-order valence-electron chi connectivity index (χ3n) is 0.900. The molecule has 0 saturated carbocycles. The molecular weight excluding hydrogens is 118 g/mol. The Kier molecular flexibility index (Phi) is 3.67. The molecule has 0 aliphatic carbocycles. The highest BCUT2D eigenvalue weighted by molar-refractivity contribution is 5.97. The lowest BCUT2D eigenvalue weighted by Gasteiger charge is -1.91. The van der Waals surface area contributed by atoms with Crippen LogP contribution < -0.4 is 5.73 Å². The lowest BCUT2D eigenvalue weighted by Crippen LogP contribution is -2.15. The highest BCUT2D eigenvalue weighted by Gasteiger charge is 2.02. The van der Waals surface area contributed by atoms with Crippen LogP contribution in [0.5, 0.6) is 0 Å². The number of ketones is 1. The Balaban J connectivity index is 3.39. The summed E-state index contributed by atoms with van der Waals surface area (Å²) in [6.07, 6.45) is 1.14. The van der Waals surface area contributed by atoms with Crippen molar-refractivity contribution in [2.45, 2.75) is 26.2 Å². The molecule has 0 bridgehead atoms. The van der Waals surface area contributed by atoms with Gasteiger partial charge in [0.05, 0.1) is 6.42 Å². The third kappa shape index (κ3) is 5.00. The predicted octanol–water partition coefficient (Wildman–Crippen LogP) is 0.231. The van der Waals surface area contributed by atoms with Crippen LogP contribution in [0.1, 0.15) is 26.2 Å². The Labute approximate surface area is 54.2 Å². The lowest BCUT2D eigenvalue weighted by atomic mass is 10.2. The Morgan fingerprint density at radius 2 is 2.00 bits per heavy atom. The van der Waals surface area contributed by atoms with Gasteiger partial charge in [0.1, 0.15) is 5.78 Å². The maximum absolute atomic E-state index is 10.6. The van der Waals surface area contributed by atoms with Crippen LogP contribution in [0, 0.1) is 0 Å². The van der Waals surface area contributed by atoms with Gasteiger partial charge in [-0.25, -0.2) is 0 Å². The van der Waals surface area contributed by atoms with E-state index in [2.05, 4.69) is 0 Å². The van der Waals surface area contributed by atoms with E-state index in [0.717, 1.165) is 6.42 Å². The van der Waals surface area contributed by atoms with Crippen LogP contribution in [0.2, 0.25) is 0 Å². The molecule has 0 aliphatic heterocycles. The number of carbonyl (C=O) groups is 2. The minimum atomic E-state index is -0.534. The molecule has 3 nitrogen and oxygen atoms in total. The first-order valence-electron chi connectivity index (χ1n) is 2.96. The summed E-state index contributed by atoms with van der Waals surface area (Å²) in [5.74, 6) is -0.599. The first-order chi connectivity index (χ1) is 4.16. The van der Waals surface area contributed by atoms with Crippen LogP contribution >= 0.6 is 0 Å². The van der Waals surface area contributed by atoms with E-state index in [9.17, 15) is 9.59 Å². The first kappa shape index (κ1) is 8.14. The second kappa shape index (κ2) is 4.06. The lowest BCUT2D eigenvalue weighted by molar-refractivity contribution is -0.126. The fourth-order valence-electron chi connectivity index (χ4n) is 0.562. The molecule has 0 radical (unpaired) electrons. The molecular formula is C6H11NO2. The van der Waals surface area contributed by atoms with Gasteiger partial charge in [-0.3, -0.25) is 9.59 Å². The maximum atomic E-state index is 10.6. The van der Waals surface area contributed by atoms with Gasteiger partial charge in [0, 0.05) is 6.42 Å². The zero-order valence-electron chi connectivity index (χ0n) is 5.52. The first-order valence-corrected chi connectivity index (χ1v) is 2.96. The largest absolute Gasteiger partial charge is 0.369 e. The molecule has 0 saturated heterocycles. The molecule has 0 aromatic heterocycles. The number of rotatable bonds is 4. The van der Waals surface area contributed by atoms with Gasteiger partial charge in [-0.05, 0) is 6.42 Å². The van der Waals surface area contributed by atoms with E-state index in [1.807, 2.05) is 6.92 Å². The van der Waals surface area contributed by atoms with Crippen molar-refractivity contribution in [3.8, 4) is 0 Å². The van der Waals surface area contributed by atoms with Gasteiger partial charge in [0.15, 0.2) is 0 Å². The molecule has 9 heavy (non-hydrogen) atoms. The fourth-order valence-corrected chi connectivity index (χ4v) is 0.562. The fraction of sp³-hybridized carbons (Fsp3) is 0.667. The van der Waals surface area contributed by atoms with Gasteiger partial charge in [-0.2, -0.15) is 0 Å². The van der Waals surface area contributed by atoms with Crippen LogP contribution in [0.15, 0.2) is 0 Å². The van der Waals surface area contributed by atoms with Crippen LogP contribution in [0.4, 0.5) is 0 Å². The molecule has 3 heteroatoms. The molecule has 1 amide bonds. The van der Waals surface area contributed by atoms with Crippen LogP contribution in [0.25, 0.3) is 0 Å². The molecule has 0 heterocycles. The van der Waals surface area contributed by atoms with Gasteiger partial charge >= 0.3 is 0 Å². The molecule has 0 aromatic carbocycles. The summed E-state index contributed by atoms with van der Waals surface area (Å²) < 4.78 is 0. The van der Waals surface area contributed by atoms with Crippen molar-refractivity contribution in [2.24, 2.45) is 5.73 Å². The van der Waals surface area contributed by atoms with Crippen LogP contribution in [-0.2, 0) is 9.59 Å². The molecule has 0 rings (SSSR count). The molecule has 52 valence electrons. The van der Waals surface area contributed by atoms with E-state index in [1.165, 1.54) is 0 Å². The van der Waals surface area contributed by atoms with Gasteiger partial charge in [-0.1, -0.05) is 6.92 Å². The molecule has 2 N–H and O–H groups in total. The predicted molar refractivity (Wildman–Crippen MR) is 33.7 cm³/mol.